The highest BCUT2D eigenvalue weighted by Gasteiger charge is 2.10. The third kappa shape index (κ3) is 4.37. The summed E-state index contributed by atoms with van der Waals surface area (Å²) in [4.78, 5) is 11.1. The van der Waals surface area contributed by atoms with E-state index in [0.717, 1.165) is 25.0 Å². The first kappa shape index (κ1) is 14.5. The summed E-state index contributed by atoms with van der Waals surface area (Å²) in [5.74, 6) is -0.909. The number of aromatic carboxylic acids is 1. The summed E-state index contributed by atoms with van der Waals surface area (Å²) < 4.78 is 5.43. The molecule has 0 bridgehead atoms. The monoisotopic (exact) mass is 251 g/mol. The molecule has 0 unspecified atom stereocenters. The molecule has 0 aliphatic heterocycles. The minimum atomic E-state index is -0.909. The van der Waals surface area contributed by atoms with Gasteiger partial charge in [-0.25, -0.2) is 4.79 Å². The van der Waals surface area contributed by atoms with Crippen molar-refractivity contribution in [3.63, 3.8) is 0 Å². The van der Waals surface area contributed by atoms with Gasteiger partial charge in [0.05, 0.1) is 17.9 Å². The highest BCUT2D eigenvalue weighted by atomic mass is 16.5. The fraction of sp³-hybridized carbons (Fsp3) is 0.500. The van der Waals surface area contributed by atoms with Crippen LogP contribution in [0.15, 0.2) is 18.2 Å². The van der Waals surface area contributed by atoms with Crippen molar-refractivity contribution in [2.75, 3.05) is 25.1 Å². The second-order valence-electron chi connectivity index (χ2n) is 4.20. The van der Waals surface area contributed by atoms with Crippen LogP contribution in [0.25, 0.3) is 0 Å². The molecule has 0 fully saturated rings. The molecule has 0 saturated heterocycles. The molecule has 18 heavy (non-hydrogen) atoms. The second-order valence-corrected chi connectivity index (χ2v) is 4.20. The average molecular weight is 251 g/mol. The standard InChI is InChI=1S/C14H21NO3/c1-3-4-9-18-10-8-15-13-11(2)6-5-7-12(13)14(16)17/h5-7,15H,3-4,8-10H2,1-2H3,(H,16,17). The molecule has 4 nitrogen and oxygen atoms in total. The number of ether oxygens (including phenoxy) is 1. The van der Waals surface area contributed by atoms with E-state index in [2.05, 4.69) is 12.2 Å². The predicted octanol–water partition coefficient (Wildman–Crippen LogP) is 2.92. The van der Waals surface area contributed by atoms with Crippen molar-refractivity contribution < 1.29 is 14.6 Å². The van der Waals surface area contributed by atoms with E-state index >= 15 is 0 Å². The number of nitrogens with one attached hydrogen (secondary N) is 1. The minimum Gasteiger partial charge on any atom is -0.478 e. The van der Waals surface area contributed by atoms with Crippen LogP contribution in [0.2, 0.25) is 0 Å². The van der Waals surface area contributed by atoms with Gasteiger partial charge in [0.2, 0.25) is 0 Å². The maximum atomic E-state index is 11.1. The SMILES string of the molecule is CCCCOCCNc1c(C)cccc1C(=O)O. The largest absolute Gasteiger partial charge is 0.478 e. The van der Waals surface area contributed by atoms with E-state index in [9.17, 15) is 4.79 Å². The van der Waals surface area contributed by atoms with Crippen molar-refractivity contribution in [2.45, 2.75) is 26.7 Å². The topological polar surface area (TPSA) is 58.6 Å². The van der Waals surface area contributed by atoms with Crippen molar-refractivity contribution in [1.82, 2.24) is 0 Å². The Morgan fingerprint density at radius 2 is 2.17 bits per heavy atom. The Labute approximate surface area is 108 Å². The lowest BCUT2D eigenvalue weighted by atomic mass is 10.1. The van der Waals surface area contributed by atoms with E-state index in [0.29, 0.717) is 24.4 Å². The van der Waals surface area contributed by atoms with Crippen molar-refractivity contribution in [1.29, 1.82) is 0 Å². The van der Waals surface area contributed by atoms with Crippen molar-refractivity contribution >= 4 is 11.7 Å². The molecule has 1 aromatic carbocycles. The number of carboxylic acid groups (broad SMARTS) is 1. The number of hydrogen-bond acceptors (Lipinski definition) is 3. The second kappa shape index (κ2) is 7.71. The normalized spacial score (nSPS) is 10.3. The zero-order chi connectivity index (χ0) is 13.4. The Morgan fingerprint density at radius 3 is 2.83 bits per heavy atom. The molecule has 1 aromatic rings. The molecule has 0 amide bonds. The van der Waals surface area contributed by atoms with Gasteiger partial charge in [-0.05, 0) is 25.0 Å². The number of rotatable bonds is 8. The number of hydrogen-bond donors (Lipinski definition) is 2. The number of carboxylic acids is 1. The number of benzene rings is 1. The lowest BCUT2D eigenvalue weighted by molar-refractivity contribution is 0.0697. The molecule has 0 saturated carbocycles. The number of anilines is 1. The van der Waals surface area contributed by atoms with Gasteiger partial charge in [-0.3, -0.25) is 0 Å². The Hall–Kier alpha value is -1.55. The molecular formula is C14H21NO3. The summed E-state index contributed by atoms with van der Waals surface area (Å²) in [6, 6.07) is 5.25. The molecule has 4 heteroatoms. The van der Waals surface area contributed by atoms with Crippen LogP contribution in [0.1, 0.15) is 35.7 Å². The summed E-state index contributed by atoms with van der Waals surface area (Å²) in [5.41, 5.74) is 1.93. The van der Waals surface area contributed by atoms with E-state index in [1.54, 1.807) is 12.1 Å². The summed E-state index contributed by atoms with van der Waals surface area (Å²) in [6.07, 6.45) is 2.18. The molecule has 0 heterocycles. The van der Waals surface area contributed by atoms with Gasteiger partial charge in [0.25, 0.3) is 0 Å². The van der Waals surface area contributed by atoms with E-state index in [4.69, 9.17) is 9.84 Å². The van der Waals surface area contributed by atoms with Crippen LogP contribution >= 0.6 is 0 Å². The third-order valence-electron chi connectivity index (χ3n) is 2.69. The van der Waals surface area contributed by atoms with Crippen LogP contribution in [-0.2, 0) is 4.74 Å². The Kier molecular flexibility index (Phi) is 6.22. The molecular weight excluding hydrogens is 230 g/mol. The molecule has 1 rings (SSSR count). The Bertz CT molecular complexity index is 391. The van der Waals surface area contributed by atoms with E-state index in [-0.39, 0.29) is 0 Å². The van der Waals surface area contributed by atoms with Crippen LogP contribution in [0.3, 0.4) is 0 Å². The summed E-state index contributed by atoms with van der Waals surface area (Å²) in [7, 11) is 0. The summed E-state index contributed by atoms with van der Waals surface area (Å²) in [5, 5.41) is 12.2. The number of unbranched alkanes of at least 4 members (excludes halogenated alkanes) is 1. The highest BCUT2D eigenvalue weighted by Crippen LogP contribution is 2.20. The Balaban J connectivity index is 2.48. The zero-order valence-electron chi connectivity index (χ0n) is 11.0. The maximum Gasteiger partial charge on any atom is 0.337 e. The quantitative estimate of drug-likeness (QED) is 0.697. The highest BCUT2D eigenvalue weighted by molar-refractivity contribution is 5.95. The molecule has 0 spiro atoms. The average Bonchev–Trinajstić information content (AvgIpc) is 2.34. The van der Waals surface area contributed by atoms with Gasteiger partial charge in [0.15, 0.2) is 0 Å². The van der Waals surface area contributed by atoms with Gasteiger partial charge in [-0.1, -0.05) is 25.5 Å². The first-order valence-corrected chi connectivity index (χ1v) is 6.31. The van der Waals surface area contributed by atoms with E-state index in [1.807, 2.05) is 13.0 Å². The predicted molar refractivity (Wildman–Crippen MR) is 72.4 cm³/mol. The van der Waals surface area contributed by atoms with Gasteiger partial charge in [0.1, 0.15) is 0 Å². The van der Waals surface area contributed by atoms with Crippen LogP contribution in [-0.4, -0.2) is 30.8 Å². The Morgan fingerprint density at radius 1 is 1.39 bits per heavy atom. The van der Waals surface area contributed by atoms with Gasteiger partial charge >= 0.3 is 5.97 Å². The van der Waals surface area contributed by atoms with E-state index < -0.39 is 5.97 Å². The molecule has 2 N–H and O–H groups in total. The van der Waals surface area contributed by atoms with Gasteiger partial charge in [0, 0.05) is 13.2 Å². The molecule has 0 aliphatic rings. The molecule has 0 aromatic heterocycles. The lowest BCUT2D eigenvalue weighted by Crippen LogP contribution is -2.13. The van der Waals surface area contributed by atoms with Crippen molar-refractivity contribution in [2.24, 2.45) is 0 Å². The summed E-state index contributed by atoms with van der Waals surface area (Å²) in [6.45, 7) is 5.99. The lowest BCUT2D eigenvalue weighted by Gasteiger charge is -2.12. The van der Waals surface area contributed by atoms with Gasteiger partial charge < -0.3 is 15.2 Å². The fourth-order valence-electron chi connectivity index (χ4n) is 1.68. The molecule has 100 valence electrons. The molecule has 0 radical (unpaired) electrons. The molecule has 0 aliphatic carbocycles. The minimum absolute atomic E-state index is 0.309. The zero-order valence-corrected chi connectivity index (χ0v) is 11.0. The van der Waals surface area contributed by atoms with E-state index in [1.165, 1.54) is 0 Å². The van der Waals surface area contributed by atoms with Crippen LogP contribution < -0.4 is 5.32 Å². The molecule has 0 atom stereocenters. The van der Waals surface area contributed by atoms with Crippen LogP contribution in [0.5, 0.6) is 0 Å². The number of para-hydroxylation sites is 1. The van der Waals surface area contributed by atoms with Crippen molar-refractivity contribution in [3.8, 4) is 0 Å². The third-order valence-corrected chi connectivity index (χ3v) is 2.69. The maximum absolute atomic E-state index is 11.1. The fourth-order valence-corrected chi connectivity index (χ4v) is 1.68. The number of aryl methyl sites for hydroxylation is 1. The first-order chi connectivity index (χ1) is 8.66. The van der Waals surface area contributed by atoms with Crippen molar-refractivity contribution in [3.05, 3.63) is 29.3 Å². The first-order valence-electron chi connectivity index (χ1n) is 6.31. The summed E-state index contributed by atoms with van der Waals surface area (Å²) >= 11 is 0. The number of carbonyl (C=O) groups is 1. The van der Waals surface area contributed by atoms with Crippen LogP contribution in [0.4, 0.5) is 5.69 Å². The van der Waals surface area contributed by atoms with Gasteiger partial charge in [-0.2, -0.15) is 0 Å². The smallest absolute Gasteiger partial charge is 0.337 e. The van der Waals surface area contributed by atoms with Crippen LogP contribution in [0, 0.1) is 6.92 Å². The van der Waals surface area contributed by atoms with Gasteiger partial charge in [-0.15, -0.1) is 0 Å².